The summed E-state index contributed by atoms with van der Waals surface area (Å²) in [5.41, 5.74) is 1.94. The summed E-state index contributed by atoms with van der Waals surface area (Å²) < 4.78 is 1.08. The highest BCUT2D eigenvalue weighted by molar-refractivity contribution is 9.11. The lowest BCUT2D eigenvalue weighted by Crippen LogP contribution is -2.35. The van der Waals surface area contributed by atoms with Crippen molar-refractivity contribution in [3.8, 4) is 0 Å². The van der Waals surface area contributed by atoms with E-state index in [0.29, 0.717) is 6.42 Å². The van der Waals surface area contributed by atoms with Crippen LogP contribution in [-0.4, -0.2) is 21.3 Å². The molecule has 2 aromatic rings. The maximum Gasteiger partial charge on any atom is 0.224 e. The quantitative estimate of drug-likeness (QED) is 0.889. The number of aromatic nitrogens is 3. The minimum absolute atomic E-state index is 0.00143. The largest absolute Gasteiger partial charge is 0.349 e. The van der Waals surface area contributed by atoms with E-state index in [4.69, 9.17) is 0 Å². The number of nitrogens with one attached hydrogen (secondary N) is 2. The summed E-state index contributed by atoms with van der Waals surface area (Å²) in [5, 5.41) is 13.9. The third-order valence-electron chi connectivity index (χ3n) is 3.62. The number of amides is 1. The fourth-order valence-corrected chi connectivity index (χ4v) is 3.90. The number of hydrogen-bond donors (Lipinski definition) is 2. The molecule has 2 N–H and O–H groups in total. The molecule has 1 amide bonds. The third-order valence-corrected chi connectivity index (χ3v) is 5.43. The molecule has 0 bridgehead atoms. The Kier molecular flexibility index (Phi) is 3.89. The number of thiophene rings is 1. The summed E-state index contributed by atoms with van der Waals surface area (Å²) in [7, 11) is 0. The van der Waals surface area contributed by atoms with Crippen molar-refractivity contribution in [3.63, 3.8) is 0 Å². The monoisotopic (exact) mass is 354 g/mol. The number of nitrogens with zero attached hydrogens (tertiary/aromatic N) is 2. The molecule has 0 fully saturated rings. The predicted molar refractivity (Wildman–Crippen MR) is 80.5 cm³/mol. The summed E-state index contributed by atoms with van der Waals surface area (Å²) in [6.07, 6.45) is 2.34. The zero-order chi connectivity index (χ0) is 14.1. The Morgan fingerprint density at radius 2 is 2.30 bits per heavy atom. The molecule has 0 saturated heterocycles. The predicted octanol–water partition coefficient (Wildman–Crippen LogP) is 2.61. The number of rotatable bonds is 3. The molecule has 1 aliphatic rings. The lowest BCUT2D eigenvalue weighted by Gasteiger charge is -2.21. The first-order chi connectivity index (χ1) is 9.63. The highest BCUT2D eigenvalue weighted by Crippen LogP contribution is 2.28. The number of aromatic amines is 1. The van der Waals surface area contributed by atoms with Gasteiger partial charge in [0.15, 0.2) is 0 Å². The van der Waals surface area contributed by atoms with Crippen LogP contribution in [0.1, 0.15) is 35.7 Å². The van der Waals surface area contributed by atoms with Crippen LogP contribution in [0.3, 0.4) is 0 Å². The Balaban J connectivity index is 1.63. The molecule has 2 aromatic heterocycles. The van der Waals surface area contributed by atoms with Crippen molar-refractivity contribution in [3.05, 3.63) is 32.2 Å². The van der Waals surface area contributed by atoms with E-state index in [1.807, 2.05) is 19.1 Å². The first-order valence-corrected chi connectivity index (χ1v) is 8.18. The van der Waals surface area contributed by atoms with E-state index in [9.17, 15) is 4.79 Å². The Morgan fingerprint density at radius 3 is 3.05 bits per heavy atom. The smallest absolute Gasteiger partial charge is 0.224 e. The fraction of sp³-hybridized carbons (Fsp3) is 0.462. The second-order valence-electron chi connectivity index (χ2n) is 5.03. The van der Waals surface area contributed by atoms with Crippen molar-refractivity contribution in [1.82, 2.24) is 20.7 Å². The normalized spacial score (nSPS) is 19.4. The average molecular weight is 355 g/mol. The standard InChI is InChI=1S/C13H15BrN4OS/c1-7(11-4-5-12(14)20-11)15-13(19)8-2-3-9-10(6-8)17-18-16-9/h4-5,7-8H,2-3,6H2,1H3,(H,15,19)(H,16,17,18)/t7-,8?/m0/s1. The van der Waals surface area contributed by atoms with Crippen molar-refractivity contribution in [2.24, 2.45) is 5.92 Å². The van der Waals surface area contributed by atoms with Crippen LogP contribution < -0.4 is 5.32 Å². The molecule has 20 heavy (non-hydrogen) atoms. The van der Waals surface area contributed by atoms with Gasteiger partial charge >= 0.3 is 0 Å². The molecule has 0 aromatic carbocycles. The highest BCUT2D eigenvalue weighted by atomic mass is 79.9. The van der Waals surface area contributed by atoms with Crippen LogP contribution >= 0.6 is 27.3 Å². The van der Waals surface area contributed by atoms with Crippen molar-refractivity contribution in [1.29, 1.82) is 0 Å². The summed E-state index contributed by atoms with van der Waals surface area (Å²) in [4.78, 5) is 13.5. The van der Waals surface area contributed by atoms with Crippen LogP contribution in [0.2, 0.25) is 0 Å². The Bertz CT molecular complexity index is 623. The van der Waals surface area contributed by atoms with E-state index in [1.54, 1.807) is 11.3 Å². The topological polar surface area (TPSA) is 70.7 Å². The van der Waals surface area contributed by atoms with Gasteiger partial charge in [0.25, 0.3) is 0 Å². The molecule has 0 spiro atoms. The van der Waals surface area contributed by atoms with Crippen molar-refractivity contribution >= 4 is 33.2 Å². The van der Waals surface area contributed by atoms with E-state index >= 15 is 0 Å². The van der Waals surface area contributed by atoms with Gasteiger partial charge in [-0.05, 0) is 47.8 Å². The molecule has 1 aliphatic carbocycles. The molecule has 0 saturated carbocycles. The zero-order valence-electron chi connectivity index (χ0n) is 11.0. The van der Waals surface area contributed by atoms with Crippen LogP contribution in [0.25, 0.3) is 0 Å². The lowest BCUT2D eigenvalue weighted by molar-refractivity contribution is -0.126. The average Bonchev–Trinajstić information content (AvgIpc) is 3.05. The minimum Gasteiger partial charge on any atom is -0.349 e. The molecule has 0 radical (unpaired) electrons. The molecule has 1 unspecified atom stereocenters. The Hall–Kier alpha value is -1.21. The Morgan fingerprint density at radius 1 is 1.50 bits per heavy atom. The molecule has 2 heterocycles. The van der Waals surface area contributed by atoms with Gasteiger partial charge in [-0.1, -0.05) is 0 Å². The van der Waals surface area contributed by atoms with Gasteiger partial charge in [-0.2, -0.15) is 15.4 Å². The summed E-state index contributed by atoms with van der Waals surface area (Å²) >= 11 is 5.09. The van der Waals surface area contributed by atoms with Gasteiger partial charge in [-0.3, -0.25) is 4.79 Å². The molecule has 106 valence electrons. The van der Waals surface area contributed by atoms with E-state index < -0.39 is 0 Å². The van der Waals surface area contributed by atoms with E-state index in [-0.39, 0.29) is 17.9 Å². The second kappa shape index (κ2) is 5.65. The van der Waals surface area contributed by atoms with Gasteiger partial charge in [0, 0.05) is 17.2 Å². The van der Waals surface area contributed by atoms with Gasteiger partial charge in [0.05, 0.1) is 21.2 Å². The van der Waals surface area contributed by atoms with Crippen molar-refractivity contribution in [2.75, 3.05) is 0 Å². The molecule has 0 aliphatic heterocycles. The Labute approximate surface area is 129 Å². The van der Waals surface area contributed by atoms with Crippen LogP contribution in [0.15, 0.2) is 15.9 Å². The van der Waals surface area contributed by atoms with Gasteiger partial charge < -0.3 is 5.32 Å². The van der Waals surface area contributed by atoms with Gasteiger partial charge in [0.1, 0.15) is 0 Å². The van der Waals surface area contributed by atoms with E-state index in [0.717, 1.165) is 32.9 Å². The summed E-state index contributed by atoms with van der Waals surface area (Å²) in [6, 6.07) is 4.08. The first kappa shape index (κ1) is 13.8. The molecular weight excluding hydrogens is 340 g/mol. The van der Waals surface area contributed by atoms with Gasteiger partial charge in [-0.25, -0.2) is 0 Å². The zero-order valence-corrected chi connectivity index (χ0v) is 13.4. The number of carbonyl (C=O) groups is 1. The van der Waals surface area contributed by atoms with E-state index in [2.05, 4.69) is 36.7 Å². The number of fused-ring (bicyclic) bond motifs is 1. The van der Waals surface area contributed by atoms with Crippen LogP contribution in [0.5, 0.6) is 0 Å². The molecular formula is C13H15BrN4OS. The summed E-state index contributed by atoms with van der Waals surface area (Å²) in [5.74, 6) is 0.106. The highest BCUT2D eigenvalue weighted by Gasteiger charge is 2.28. The summed E-state index contributed by atoms with van der Waals surface area (Å²) in [6.45, 7) is 2.01. The maximum atomic E-state index is 12.3. The van der Waals surface area contributed by atoms with E-state index in [1.165, 1.54) is 0 Å². The van der Waals surface area contributed by atoms with Crippen LogP contribution in [0.4, 0.5) is 0 Å². The molecule has 7 heteroatoms. The first-order valence-electron chi connectivity index (χ1n) is 6.57. The second-order valence-corrected chi connectivity index (χ2v) is 7.52. The third kappa shape index (κ3) is 2.78. The van der Waals surface area contributed by atoms with Gasteiger partial charge in [0.2, 0.25) is 5.91 Å². The number of aryl methyl sites for hydroxylation is 1. The minimum atomic E-state index is -0.00143. The van der Waals surface area contributed by atoms with Gasteiger partial charge in [-0.15, -0.1) is 11.3 Å². The number of halogens is 1. The SMILES string of the molecule is C[C@H](NC(=O)C1CCc2n[nH]nc2C1)c1ccc(Br)s1. The van der Waals surface area contributed by atoms with Crippen molar-refractivity contribution < 1.29 is 4.79 Å². The van der Waals surface area contributed by atoms with Crippen LogP contribution in [-0.2, 0) is 17.6 Å². The molecule has 5 nitrogen and oxygen atoms in total. The molecule has 2 atom stereocenters. The number of H-pyrrole nitrogens is 1. The fourth-order valence-electron chi connectivity index (χ4n) is 2.47. The van der Waals surface area contributed by atoms with Crippen LogP contribution in [0, 0.1) is 5.92 Å². The molecule has 3 rings (SSSR count). The maximum absolute atomic E-state index is 12.3. The lowest BCUT2D eigenvalue weighted by atomic mass is 9.89. The number of carbonyl (C=O) groups excluding carboxylic acids is 1. The number of hydrogen-bond acceptors (Lipinski definition) is 4. The van der Waals surface area contributed by atoms with Crippen molar-refractivity contribution in [2.45, 2.75) is 32.2 Å².